The molecule has 8 heteroatoms. The number of fused-ring (bicyclic) bond motifs is 1. The maximum atomic E-state index is 14.0. The Kier molecular flexibility index (Phi) is 7.85. The second kappa shape index (κ2) is 11.7. The van der Waals surface area contributed by atoms with E-state index in [9.17, 15) is 9.59 Å². The Morgan fingerprint density at radius 1 is 0.925 bits per heavy atom. The summed E-state index contributed by atoms with van der Waals surface area (Å²) in [6.07, 6.45) is -0.619. The predicted octanol–water partition coefficient (Wildman–Crippen LogP) is 7.00. The summed E-state index contributed by atoms with van der Waals surface area (Å²) in [5.74, 6) is -0.249. The summed E-state index contributed by atoms with van der Waals surface area (Å²) in [6.45, 7) is 0. The molecule has 0 bridgehead atoms. The minimum absolute atomic E-state index is 0.265. The molecule has 0 radical (unpaired) electrons. The summed E-state index contributed by atoms with van der Waals surface area (Å²) < 4.78 is 7.15. The molecule has 5 nitrogen and oxygen atoms in total. The SMILES string of the molecule is N[C@@H]1C(=O)N2C(C(=O)OC(c3ccccc3)c3ccccc3)=C(Sc3ccc(-c4ccccc4)c(Br)c3)CS[C@H]12. The monoisotopic (exact) mass is 628 g/mol. The van der Waals surface area contributed by atoms with Gasteiger partial charge < -0.3 is 10.5 Å². The number of ether oxygens (including phenoxy) is 1. The number of halogens is 1. The van der Waals surface area contributed by atoms with Crippen molar-refractivity contribution in [2.45, 2.75) is 22.4 Å². The van der Waals surface area contributed by atoms with E-state index in [4.69, 9.17) is 10.5 Å². The first-order chi connectivity index (χ1) is 19.5. The number of hydrogen-bond donors (Lipinski definition) is 1. The summed E-state index contributed by atoms with van der Waals surface area (Å²) in [5.41, 5.74) is 10.3. The topological polar surface area (TPSA) is 72.6 Å². The van der Waals surface area contributed by atoms with E-state index in [1.165, 1.54) is 16.7 Å². The van der Waals surface area contributed by atoms with Gasteiger partial charge in [-0.1, -0.05) is 125 Å². The van der Waals surface area contributed by atoms with Crippen LogP contribution in [0, 0.1) is 0 Å². The van der Waals surface area contributed by atoms with Gasteiger partial charge >= 0.3 is 5.97 Å². The molecule has 2 atom stereocenters. The summed E-state index contributed by atoms with van der Waals surface area (Å²) >= 11 is 6.76. The number of esters is 1. The van der Waals surface area contributed by atoms with Gasteiger partial charge in [-0.05, 0) is 34.4 Å². The quantitative estimate of drug-likeness (QED) is 0.176. The Bertz CT molecular complexity index is 1540. The molecule has 2 aliphatic heterocycles. The molecule has 4 aromatic rings. The van der Waals surface area contributed by atoms with Crippen molar-refractivity contribution in [3.05, 3.63) is 135 Å². The molecule has 0 spiro atoms. The van der Waals surface area contributed by atoms with Gasteiger partial charge in [0.15, 0.2) is 6.10 Å². The number of thioether (sulfide) groups is 2. The van der Waals surface area contributed by atoms with Crippen LogP contribution in [0.25, 0.3) is 11.1 Å². The second-order valence-corrected chi connectivity index (χ2v) is 12.6. The van der Waals surface area contributed by atoms with E-state index in [1.807, 2.05) is 91.0 Å². The normalized spacial score (nSPS) is 18.4. The molecular weight excluding hydrogens is 604 g/mol. The Morgan fingerprint density at radius 3 is 2.12 bits per heavy atom. The van der Waals surface area contributed by atoms with Crippen LogP contribution in [-0.2, 0) is 14.3 Å². The maximum absolute atomic E-state index is 14.0. The van der Waals surface area contributed by atoms with E-state index < -0.39 is 18.1 Å². The Hall–Kier alpha value is -3.30. The third-order valence-corrected chi connectivity index (χ3v) is 10.1. The van der Waals surface area contributed by atoms with Gasteiger partial charge in [0, 0.05) is 20.0 Å². The van der Waals surface area contributed by atoms with Crippen molar-refractivity contribution in [2.75, 3.05) is 5.75 Å². The fourth-order valence-electron chi connectivity index (χ4n) is 4.86. The van der Waals surface area contributed by atoms with Crippen LogP contribution in [0.2, 0.25) is 0 Å². The van der Waals surface area contributed by atoms with E-state index in [0.717, 1.165) is 36.5 Å². The number of hydrogen-bond acceptors (Lipinski definition) is 6. The Labute approximate surface area is 249 Å². The third kappa shape index (κ3) is 5.24. The van der Waals surface area contributed by atoms with Crippen molar-refractivity contribution in [3.8, 4) is 11.1 Å². The molecule has 6 rings (SSSR count). The second-order valence-electron chi connectivity index (χ2n) is 9.42. The molecule has 0 unspecified atom stereocenters. The number of benzene rings is 4. The summed E-state index contributed by atoms with van der Waals surface area (Å²) in [4.78, 5) is 30.1. The molecule has 1 fully saturated rings. The molecular formula is C32H25BrN2O3S2. The van der Waals surface area contributed by atoms with Crippen LogP contribution in [0.5, 0.6) is 0 Å². The molecule has 0 aliphatic carbocycles. The van der Waals surface area contributed by atoms with Crippen LogP contribution in [0.3, 0.4) is 0 Å². The molecule has 2 N–H and O–H groups in total. The first-order valence-corrected chi connectivity index (χ1v) is 15.4. The zero-order chi connectivity index (χ0) is 27.6. The van der Waals surface area contributed by atoms with Gasteiger partial charge in [-0.15, -0.1) is 11.8 Å². The fraction of sp³-hybridized carbons (Fsp3) is 0.125. The molecule has 2 heterocycles. The lowest BCUT2D eigenvalue weighted by Gasteiger charge is -2.48. The molecule has 0 aromatic heterocycles. The average molecular weight is 630 g/mol. The first-order valence-electron chi connectivity index (χ1n) is 12.8. The maximum Gasteiger partial charge on any atom is 0.356 e. The van der Waals surface area contributed by atoms with E-state index in [-0.39, 0.29) is 17.0 Å². The van der Waals surface area contributed by atoms with Crippen molar-refractivity contribution in [3.63, 3.8) is 0 Å². The summed E-state index contributed by atoms with van der Waals surface area (Å²) in [5, 5.41) is -0.279. The highest BCUT2D eigenvalue weighted by atomic mass is 79.9. The van der Waals surface area contributed by atoms with Crippen LogP contribution in [0.15, 0.2) is 129 Å². The largest absolute Gasteiger partial charge is 0.448 e. The van der Waals surface area contributed by atoms with Crippen LogP contribution in [0.1, 0.15) is 17.2 Å². The number of carbonyl (C=O) groups is 2. The number of rotatable bonds is 7. The molecule has 4 aromatic carbocycles. The van der Waals surface area contributed by atoms with Crippen molar-refractivity contribution in [1.29, 1.82) is 0 Å². The molecule has 0 saturated carbocycles. The standard InChI is InChI=1S/C32H25BrN2O3S2/c33-25-18-23(16-17-24(25)20-10-4-1-5-11-20)40-26-19-39-31-27(34)30(36)35(31)28(26)32(37)38-29(21-12-6-2-7-13-21)22-14-8-3-9-15-22/h1-18,27,29,31H,19,34H2/t27-,31-/m1/s1. The van der Waals surface area contributed by atoms with E-state index in [2.05, 4.69) is 34.1 Å². The third-order valence-electron chi connectivity index (χ3n) is 6.86. The highest BCUT2D eigenvalue weighted by Crippen LogP contribution is 2.46. The Morgan fingerprint density at radius 2 is 1.52 bits per heavy atom. The van der Waals surface area contributed by atoms with Gasteiger partial charge in [-0.2, -0.15) is 0 Å². The van der Waals surface area contributed by atoms with E-state index in [1.54, 1.807) is 11.8 Å². The van der Waals surface area contributed by atoms with Gasteiger partial charge in [0.1, 0.15) is 17.1 Å². The lowest BCUT2D eigenvalue weighted by Crippen LogP contribution is -2.68. The van der Waals surface area contributed by atoms with Crippen LogP contribution in [0.4, 0.5) is 0 Å². The minimum Gasteiger partial charge on any atom is -0.448 e. The molecule has 40 heavy (non-hydrogen) atoms. The predicted molar refractivity (Wildman–Crippen MR) is 164 cm³/mol. The van der Waals surface area contributed by atoms with Crippen LogP contribution >= 0.6 is 39.5 Å². The molecule has 200 valence electrons. The first kappa shape index (κ1) is 26.9. The van der Waals surface area contributed by atoms with Crippen molar-refractivity contribution < 1.29 is 14.3 Å². The highest BCUT2D eigenvalue weighted by molar-refractivity contribution is 9.10. The van der Waals surface area contributed by atoms with Gasteiger partial charge in [-0.25, -0.2) is 4.79 Å². The van der Waals surface area contributed by atoms with Crippen LogP contribution < -0.4 is 5.73 Å². The zero-order valence-electron chi connectivity index (χ0n) is 21.3. The van der Waals surface area contributed by atoms with Crippen LogP contribution in [-0.4, -0.2) is 33.9 Å². The summed E-state index contributed by atoms with van der Waals surface area (Å²) in [7, 11) is 0. The van der Waals surface area contributed by atoms with E-state index >= 15 is 0 Å². The number of nitrogens with two attached hydrogens (primary N) is 1. The van der Waals surface area contributed by atoms with Crippen molar-refractivity contribution in [1.82, 2.24) is 4.90 Å². The van der Waals surface area contributed by atoms with Crippen molar-refractivity contribution >= 4 is 51.3 Å². The van der Waals surface area contributed by atoms with Gasteiger partial charge in [0.2, 0.25) is 5.91 Å². The zero-order valence-corrected chi connectivity index (χ0v) is 24.5. The molecule has 1 saturated heterocycles. The van der Waals surface area contributed by atoms with Gasteiger partial charge in [0.05, 0.1) is 0 Å². The van der Waals surface area contributed by atoms with Gasteiger partial charge in [-0.3, -0.25) is 9.69 Å². The fourth-order valence-corrected chi connectivity index (χ4v) is 8.07. The van der Waals surface area contributed by atoms with Crippen molar-refractivity contribution in [2.24, 2.45) is 5.73 Å². The number of nitrogens with zero attached hydrogens (tertiary/aromatic N) is 1. The smallest absolute Gasteiger partial charge is 0.356 e. The minimum atomic E-state index is -0.627. The Balaban J connectivity index is 1.35. The number of carbonyl (C=O) groups excluding carboxylic acids is 2. The lowest BCUT2D eigenvalue weighted by atomic mass is 10.0. The molecule has 1 amide bonds. The average Bonchev–Trinajstić information content (AvgIpc) is 3.00. The summed E-state index contributed by atoms with van der Waals surface area (Å²) in [6, 6.07) is 34.9. The lowest BCUT2D eigenvalue weighted by molar-refractivity contribution is -0.152. The number of β-lactam (4-membered cyclic amide) rings is 1. The highest BCUT2D eigenvalue weighted by Gasteiger charge is 2.52. The van der Waals surface area contributed by atoms with E-state index in [0.29, 0.717) is 5.75 Å². The van der Waals surface area contributed by atoms with Gasteiger partial charge in [0.25, 0.3) is 0 Å². The molecule has 2 aliphatic rings. The number of amides is 1.